The van der Waals surface area contributed by atoms with E-state index in [1.165, 1.54) is 19.1 Å². The van der Waals surface area contributed by atoms with Gasteiger partial charge in [-0.25, -0.2) is 4.39 Å². The van der Waals surface area contributed by atoms with Crippen LogP contribution in [0.1, 0.15) is 17.3 Å². The molecule has 0 aliphatic carbocycles. The highest BCUT2D eigenvalue weighted by atomic mass is 19.1. The summed E-state index contributed by atoms with van der Waals surface area (Å²) in [7, 11) is 1.54. The Kier molecular flexibility index (Phi) is 3.80. The summed E-state index contributed by atoms with van der Waals surface area (Å²) in [5, 5.41) is 0. The summed E-state index contributed by atoms with van der Waals surface area (Å²) >= 11 is 0. The number of hydrogen-bond donors (Lipinski definition) is 0. The van der Waals surface area contributed by atoms with Gasteiger partial charge in [-0.1, -0.05) is 12.1 Å². The topological polar surface area (TPSA) is 35.5 Å². The fourth-order valence-electron chi connectivity index (χ4n) is 1.72. The zero-order chi connectivity index (χ0) is 13.8. The Hall–Kier alpha value is -2.36. The third kappa shape index (κ3) is 2.91. The van der Waals surface area contributed by atoms with Crippen molar-refractivity contribution in [1.82, 2.24) is 0 Å². The number of carbonyl (C=O) groups excluding carboxylic acids is 1. The molecule has 0 unspecified atom stereocenters. The molecule has 0 N–H and O–H groups in total. The maximum absolute atomic E-state index is 13.6. The Morgan fingerprint density at radius 1 is 1.11 bits per heavy atom. The van der Waals surface area contributed by atoms with Crippen LogP contribution in [0.3, 0.4) is 0 Å². The van der Waals surface area contributed by atoms with Crippen molar-refractivity contribution < 1.29 is 18.7 Å². The molecule has 0 aliphatic heterocycles. The van der Waals surface area contributed by atoms with Crippen LogP contribution in [-0.4, -0.2) is 12.9 Å². The van der Waals surface area contributed by atoms with Gasteiger partial charge in [0.05, 0.1) is 12.7 Å². The lowest BCUT2D eigenvalue weighted by atomic mass is 10.1. The van der Waals surface area contributed by atoms with Gasteiger partial charge in [0.2, 0.25) is 0 Å². The fourth-order valence-corrected chi connectivity index (χ4v) is 1.72. The van der Waals surface area contributed by atoms with Crippen LogP contribution in [-0.2, 0) is 0 Å². The van der Waals surface area contributed by atoms with E-state index in [0.717, 1.165) is 0 Å². The standard InChI is InChI=1S/C15H13FO3/c1-10(17)15-13(16)7-4-8-14(15)19-12-6-3-5-11(9-12)18-2/h3-9H,1-2H3. The summed E-state index contributed by atoms with van der Waals surface area (Å²) in [5.41, 5.74) is -0.0506. The monoisotopic (exact) mass is 260 g/mol. The van der Waals surface area contributed by atoms with Crippen molar-refractivity contribution in [2.75, 3.05) is 7.11 Å². The van der Waals surface area contributed by atoms with Crippen LogP contribution in [0, 0.1) is 5.82 Å². The average molecular weight is 260 g/mol. The third-order valence-electron chi connectivity index (χ3n) is 2.60. The number of halogens is 1. The molecule has 0 heterocycles. The highest BCUT2D eigenvalue weighted by Crippen LogP contribution is 2.29. The first-order chi connectivity index (χ1) is 9.11. The lowest BCUT2D eigenvalue weighted by Crippen LogP contribution is -2.00. The molecule has 4 heteroatoms. The van der Waals surface area contributed by atoms with Gasteiger partial charge in [-0.3, -0.25) is 4.79 Å². The second-order valence-electron chi connectivity index (χ2n) is 3.95. The van der Waals surface area contributed by atoms with Gasteiger partial charge in [-0.05, 0) is 31.2 Å². The van der Waals surface area contributed by atoms with Crippen LogP contribution in [0.15, 0.2) is 42.5 Å². The average Bonchev–Trinajstić information content (AvgIpc) is 2.38. The summed E-state index contributed by atoms with van der Waals surface area (Å²) in [6.45, 7) is 1.30. The largest absolute Gasteiger partial charge is 0.497 e. The molecule has 0 amide bonds. The van der Waals surface area contributed by atoms with Crippen molar-refractivity contribution in [2.45, 2.75) is 6.92 Å². The number of benzene rings is 2. The highest BCUT2D eigenvalue weighted by molar-refractivity contribution is 5.97. The smallest absolute Gasteiger partial charge is 0.166 e. The van der Waals surface area contributed by atoms with Gasteiger partial charge in [-0.2, -0.15) is 0 Å². The summed E-state index contributed by atoms with van der Waals surface area (Å²) < 4.78 is 24.2. The van der Waals surface area contributed by atoms with E-state index in [1.54, 1.807) is 37.4 Å². The number of ketones is 1. The zero-order valence-electron chi connectivity index (χ0n) is 10.6. The molecule has 0 bridgehead atoms. The van der Waals surface area contributed by atoms with E-state index in [-0.39, 0.29) is 17.1 Å². The van der Waals surface area contributed by atoms with Crippen LogP contribution in [0.5, 0.6) is 17.2 Å². The van der Waals surface area contributed by atoms with E-state index in [9.17, 15) is 9.18 Å². The van der Waals surface area contributed by atoms with Gasteiger partial charge in [0.25, 0.3) is 0 Å². The lowest BCUT2D eigenvalue weighted by Gasteiger charge is -2.10. The van der Waals surface area contributed by atoms with E-state index in [2.05, 4.69) is 0 Å². The van der Waals surface area contributed by atoms with Crippen LogP contribution >= 0.6 is 0 Å². The van der Waals surface area contributed by atoms with Gasteiger partial charge in [0.15, 0.2) is 5.78 Å². The lowest BCUT2D eigenvalue weighted by molar-refractivity contribution is 0.101. The van der Waals surface area contributed by atoms with Crippen molar-refractivity contribution in [3.05, 3.63) is 53.8 Å². The molecule has 2 aromatic rings. The summed E-state index contributed by atoms with van der Waals surface area (Å²) in [5.74, 6) is 0.329. The van der Waals surface area contributed by atoms with Gasteiger partial charge >= 0.3 is 0 Å². The fraction of sp³-hybridized carbons (Fsp3) is 0.133. The van der Waals surface area contributed by atoms with Crippen LogP contribution < -0.4 is 9.47 Å². The summed E-state index contributed by atoms with van der Waals surface area (Å²) in [6.07, 6.45) is 0. The van der Waals surface area contributed by atoms with Crippen LogP contribution in [0.2, 0.25) is 0 Å². The predicted octanol–water partition coefficient (Wildman–Crippen LogP) is 3.83. The van der Waals surface area contributed by atoms with Gasteiger partial charge in [0.1, 0.15) is 23.1 Å². The van der Waals surface area contributed by atoms with Crippen molar-refractivity contribution in [1.29, 1.82) is 0 Å². The number of methoxy groups -OCH3 is 1. The molecule has 19 heavy (non-hydrogen) atoms. The van der Waals surface area contributed by atoms with Gasteiger partial charge < -0.3 is 9.47 Å². The molecule has 0 saturated heterocycles. The first kappa shape index (κ1) is 13.1. The first-order valence-corrected chi connectivity index (χ1v) is 5.73. The third-order valence-corrected chi connectivity index (χ3v) is 2.60. The van der Waals surface area contributed by atoms with Crippen molar-refractivity contribution in [3.8, 4) is 17.2 Å². The summed E-state index contributed by atoms with van der Waals surface area (Å²) in [4.78, 5) is 11.5. The Labute approximate surface area is 110 Å². The molecule has 0 aromatic heterocycles. The van der Waals surface area contributed by atoms with Gasteiger partial charge in [0, 0.05) is 6.07 Å². The number of rotatable bonds is 4. The number of hydrogen-bond acceptors (Lipinski definition) is 3. The zero-order valence-corrected chi connectivity index (χ0v) is 10.6. The quantitative estimate of drug-likeness (QED) is 0.784. The van der Waals surface area contributed by atoms with E-state index < -0.39 is 5.82 Å². The van der Waals surface area contributed by atoms with E-state index in [0.29, 0.717) is 11.5 Å². The molecule has 98 valence electrons. The molecular formula is C15H13FO3. The normalized spacial score (nSPS) is 10.1. The molecule has 0 radical (unpaired) electrons. The van der Waals surface area contributed by atoms with Crippen LogP contribution in [0.25, 0.3) is 0 Å². The molecule has 2 aromatic carbocycles. The number of Topliss-reactive ketones (excluding diaryl/α,β-unsaturated/α-hetero) is 1. The minimum absolute atomic E-state index is 0.0506. The van der Waals surface area contributed by atoms with E-state index in [4.69, 9.17) is 9.47 Å². The Morgan fingerprint density at radius 3 is 2.47 bits per heavy atom. The maximum atomic E-state index is 13.6. The van der Waals surface area contributed by atoms with E-state index >= 15 is 0 Å². The molecule has 0 aliphatic rings. The predicted molar refractivity (Wildman–Crippen MR) is 69.5 cm³/mol. The number of carbonyl (C=O) groups is 1. The Morgan fingerprint density at radius 2 is 1.79 bits per heavy atom. The SMILES string of the molecule is COc1cccc(Oc2cccc(F)c2C(C)=O)c1. The highest BCUT2D eigenvalue weighted by Gasteiger charge is 2.14. The molecular weight excluding hydrogens is 247 g/mol. The second-order valence-corrected chi connectivity index (χ2v) is 3.95. The summed E-state index contributed by atoms with van der Waals surface area (Å²) in [6, 6.07) is 11.2. The van der Waals surface area contributed by atoms with Crippen molar-refractivity contribution >= 4 is 5.78 Å². The Bertz CT molecular complexity index is 608. The molecule has 2 rings (SSSR count). The minimum atomic E-state index is -0.590. The molecule has 0 atom stereocenters. The van der Waals surface area contributed by atoms with Crippen molar-refractivity contribution in [3.63, 3.8) is 0 Å². The molecule has 0 saturated carbocycles. The first-order valence-electron chi connectivity index (χ1n) is 5.73. The van der Waals surface area contributed by atoms with Crippen molar-refractivity contribution in [2.24, 2.45) is 0 Å². The molecule has 0 fully saturated rings. The number of ether oxygens (including phenoxy) is 2. The minimum Gasteiger partial charge on any atom is -0.497 e. The van der Waals surface area contributed by atoms with Gasteiger partial charge in [-0.15, -0.1) is 0 Å². The van der Waals surface area contributed by atoms with Crippen LogP contribution in [0.4, 0.5) is 4.39 Å². The molecule has 3 nitrogen and oxygen atoms in total. The van der Waals surface area contributed by atoms with E-state index in [1.807, 2.05) is 0 Å². The second kappa shape index (κ2) is 5.52. The molecule has 0 spiro atoms. The Balaban J connectivity index is 2.38. The maximum Gasteiger partial charge on any atom is 0.166 e.